The Hall–Kier alpha value is -1.10. The smallest absolute Gasteiger partial charge is 0.242 e. The van der Waals surface area contributed by atoms with E-state index in [0.717, 1.165) is 6.42 Å². The Balaban J connectivity index is 4.27. The van der Waals surface area contributed by atoms with Crippen molar-refractivity contribution in [3.05, 3.63) is 0 Å². The number of nitrogens with two attached hydrogens (primary N) is 1. The van der Waals surface area contributed by atoms with E-state index in [9.17, 15) is 9.59 Å². The Morgan fingerprint density at radius 2 is 1.78 bits per heavy atom. The Morgan fingerprint density at radius 1 is 1.22 bits per heavy atom. The summed E-state index contributed by atoms with van der Waals surface area (Å²) in [6, 6.07) is -0.412. The summed E-state index contributed by atoms with van der Waals surface area (Å²) < 4.78 is 0. The highest BCUT2D eigenvalue weighted by molar-refractivity contribution is 5.87. The van der Waals surface area contributed by atoms with Crippen LogP contribution >= 0.6 is 0 Å². The predicted molar refractivity (Wildman–Crippen MR) is 73.0 cm³/mol. The lowest BCUT2D eigenvalue weighted by Crippen LogP contribution is -2.49. The summed E-state index contributed by atoms with van der Waals surface area (Å²) in [6.45, 7) is 10.5. The van der Waals surface area contributed by atoms with Crippen molar-refractivity contribution < 1.29 is 9.59 Å². The molecule has 106 valence electrons. The number of hydrogen-bond donors (Lipinski definition) is 2. The predicted octanol–water partition coefficient (Wildman–Crippen LogP) is 0.733. The lowest BCUT2D eigenvalue weighted by atomic mass is 10.1. The summed E-state index contributed by atoms with van der Waals surface area (Å²) in [5.74, 6) is -0.258. The minimum absolute atomic E-state index is 0.0252. The van der Waals surface area contributed by atoms with E-state index in [4.69, 9.17) is 5.73 Å². The van der Waals surface area contributed by atoms with Gasteiger partial charge in [-0.25, -0.2) is 0 Å². The minimum atomic E-state index is -0.559. The molecule has 0 radical (unpaired) electrons. The number of rotatable bonds is 7. The molecule has 0 spiro atoms. The van der Waals surface area contributed by atoms with E-state index in [2.05, 4.69) is 5.32 Å². The molecular formula is C13H27N3O2. The zero-order chi connectivity index (χ0) is 14.3. The van der Waals surface area contributed by atoms with E-state index < -0.39 is 6.04 Å². The van der Waals surface area contributed by atoms with Gasteiger partial charge in [0.05, 0.1) is 12.6 Å². The van der Waals surface area contributed by atoms with Crippen LogP contribution in [0.25, 0.3) is 0 Å². The van der Waals surface area contributed by atoms with Crippen LogP contribution in [0, 0.1) is 5.92 Å². The van der Waals surface area contributed by atoms with Gasteiger partial charge in [0.25, 0.3) is 0 Å². The highest BCUT2D eigenvalue weighted by atomic mass is 16.2. The molecule has 0 aromatic rings. The van der Waals surface area contributed by atoms with Crippen LogP contribution in [0.1, 0.15) is 41.0 Å². The first-order valence-corrected chi connectivity index (χ1v) is 6.64. The van der Waals surface area contributed by atoms with Gasteiger partial charge < -0.3 is 16.0 Å². The van der Waals surface area contributed by atoms with Gasteiger partial charge in [0.15, 0.2) is 0 Å². The molecule has 0 aliphatic heterocycles. The summed E-state index contributed by atoms with van der Waals surface area (Å²) >= 11 is 0. The van der Waals surface area contributed by atoms with E-state index >= 15 is 0 Å². The first-order chi connectivity index (χ1) is 8.31. The highest BCUT2D eigenvalue weighted by Gasteiger charge is 2.20. The third-order valence-corrected chi connectivity index (χ3v) is 2.84. The van der Waals surface area contributed by atoms with Gasteiger partial charge in [0.2, 0.25) is 11.8 Å². The number of hydrogen-bond acceptors (Lipinski definition) is 3. The average Bonchev–Trinajstić information content (AvgIpc) is 2.30. The molecular weight excluding hydrogens is 230 g/mol. The second-order valence-corrected chi connectivity index (χ2v) is 5.17. The van der Waals surface area contributed by atoms with Crippen LogP contribution in [-0.2, 0) is 9.59 Å². The molecule has 0 aromatic carbocycles. The van der Waals surface area contributed by atoms with Gasteiger partial charge in [-0.1, -0.05) is 20.8 Å². The Kier molecular flexibility index (Phi) is 7.59. The van der Waals surface area contributed by atoms with Gasteiger partial charge >= 0.3 is 0 Å². The molecule has 2 amide bonds. The lowest BCUT2D eigenvalue weighted by Gasteiger charge is -2.26. The molecule has 1 atom stereocenters. The molecule has 3 N–H and O–H groups in total. The third kappa shape index (κ3) is 5.49. The maximum Gasteiger partial charge on any atom is 0.242 e. The van der Waals surface area contributed by atoms with E-state index in [0.29, 0.717) is 6.54 Å². The van der Waals surface area contributed by atoms with Crippen molar-refractivity contribution in [1.82, 2.24) is 10.2 Å². The molecule has 0 aliphatic rings. The topological polar surface area (TPSA) is 75.4 Å². The summed E-state index contributed by atoms with van der Waals surface area (Å²) in [4.78, 5) is 25.3. The number of amides is 2. The molecule has 5 nitrogen and oxygen atoms in total. The fraction of sp³-hybridized carbons (Fsp3) is 0.846. The van der Waals surface area contributed by atoms with Crippen molar-refractivity contribution in [3.63, 3.8) is 0 Å². The summed E-state index contributed by atoms with van der Waals surface area (Å²) in [7, 11) is 0. The molecule has 0 aromatic heterocycles. The lowest BCUT2D eigenvalue weighted by molar-refractivity contribution is -0.134. The third-order valence-electron chi connectivity index (χ3n) is 2.84. The van der Waals surface area contributed by atoms with Crippen LogP contribution in [0.15, 0.2) is 0 Å². The largest absolute Gasteiger partial charge is 0.346 e. The van der Waals surface area contributed by atoms with Gasteiger partial charge in [0, 0.05) is 12.6 Å². The Morgan fingerprint density at radius 3 is 2.17 bits per heavy atom. The maximum atomic E-state index is 11.9. The second-order valence-electron chi connectivity index (χ2n) is 5.17. The summed E-state index contributed by atoms with van der Waals surface area (Å²) in [6.07, 6.45) is 0.906. The first kappa shape index (κ1) is 16.9. The SMILES string of the molecule is CCCN(C(=O)CNC(=O)[C@@H](N)C(C)C)C(C)C. The van der Waals surface area contributed by atoms with Gasteiger partial charge in [-0.3, -0.25) is 9.59 Å². The first-order valence-electron chi connectivity index (χ1n) is 6.64. The Bertz CT molecular complexity index is 277. The number of nitrogens with zero attached hydrogens (tertiary/aromatic N) is 1. The van der Waals surface area contributed by atoms with Gasteiger partial charge in [-0.15, -0.1) is 0 Å². The fourth-order valence-corrected chi connectivity index (χ4v) is 1.60. The standard InChI is InChI=1S/C13H27N3O2/c1-6-7-16(10(4)5)11(17)8-15-13(18)12(14)9(2)3/h9-10,12H,6-8,14H2,1-5H3,(H,15,18)/t12-/m0/s1. The zero-order valence-corrected chi connectivity index (χ0v) is 12.2. The number of carbonyl (C=O) groups excluding carboxylic acids is 2. The van der Waals surface area contributed by atoms with Crippen molar-refractivity contribution in [3.8, 4) is 0 Å². The van der Waals surface area contributed by atoms with Gasteiger partial charge in [-0.05, 0) is 26.2 Å². The molecule has 0 bridgehead atoms. The monoisotopic (exact) mass is 257 g/mol. The Labute approximate surface area is 110 Å². The molecule has 18 heavy (non-hydrogen) atoms. The molecule has 0 aliphatic carbocycles. The molecule has 0 rings (SSSR count). The van der Waals surface area contributed by atoms with Crippen molar-refractivity contribution in [2.75, 3.05) is 13.1 Å². The van der Waals surface area contributed by atoms with Gasteiger partial charge in [-0.2, -0.15) is 0 Å². The maximum absolute atomic E-state index is 11.9. The summed E-state index contributed by atoms with van der Waals surface area (Å²) in [5.41, 5.74) is 5.70. The molecule has 5 heteroatoms. The number of nitrogens with one attached hydrogen (secondary N) is 1. The van der Waals surface area contributed by atoms with E-state index in [1.807, 2.05) is 34.6 Å². The van der Waals surface area contributed by atoms with Crippen LogP contribution in [0.2, 0.25) is 0 Å². The average molecular weight is 257 g/mol. The molecule has 0 saturated carbocycles. The quantitative estimate of drug-likeness (QED) is 0.706. The summed E-state index contributed by atoms with van der Waals surface area (Å²) in [5, 5.41) is 2.60. The zero-order valence-electron chi connectivity index (χ0n) is 12.2. The van der Waals surface area contributed by atoms with E-state index in [1.54, 1.807) is 4.90 Å². The van der Waals surface area contributed by atoms with E-state index in [-0.39, 0.29) is 30.3 Å². The van der Waals surface area contributed by atoms with Crippen molar-refractivity contribution in [1.29, 1.82) is 0 Å². The number of carbonyl (C=O) groups is 2. The van der Waals surface area contributed by atoms with Crippen molar-refractivity contribution >= 4 is 11.8 Å². The van der Waals surface area contributed by atoms with Crippen LogP contribution in [0.4, 0.5) is 0 Å². The van der Waals surface area contributed by atoms with Crippen LogP contribution < -0.4 is 11.1 Å². The fourth-order valence-electron chi connectivity index (χ4n) is 1.60. The van der Waals surface area contributed by atoms with E-state index in [1.165, 1.54) is 0 Å². The highest BCUT2D eigenvalue weighted by Crippen LogP contribution is 2.01. The molecule has 0 fully saturated rings. The molecule has 0 heterocycles. The second kappa shape index (κ2) is 8.08. The van der Waals surface area contributed by atoms with Gasteiger partial charge in [0.1, 0.15) is 0 Å². The molecule has 0 unspecified atom stereocenters. The van der Waals surface area contributed by atoms with Crippen LogP contribution in [0.3, 0.4) is 0 Å². The molecule has 0 saturated heterocycles. The van der Waals surface area contributed by atoms with Crippen molar-refractivity contribution in [2.45, 2.75) is 53.1 Å². The normalized spacial score (nSPS) is 12.7. The van der Waals surface area contributed by atoms with Crippen LogP contribution in [-0.4, -0.2) is 41.9 Å². The minimum Gasteiger partial charge on any atom is -0.346 e. The van der Waals surface area contributed by atoms with Crippen LogP contribution in [0.5, 0.6) is 0 Å². The van der Waals surface area contributed by atoms with Crippen molar-refractivity contribution in [2.24, 2.45) is 11.7 Å².